The monoisotopic (exact) mass is 859 g/mol. The minimum Gasteiger partial charge on any atom is -0.495 e. The van der Waals surface area contributed by atoms with Gasteiger partial charge in [-0.15, -0.1) is 0 Å². The normalized spacial score (nSPS) is 23.6. The van der Waals surface area contributed by atoms with Gasteiger partial charge in [-0.1, -0.05) is 18.9 Å². The van der Waals surface area contributed by atoms with E-state index in [2.05, 4.69) is 42.8 Å². The number of hydrogen-bond acceptors (Lipinski definition) is 11. The summed E-state index contributed by atoms with van der Waals surface area (Å²) in [4.78, 5) is 66.0. The molecule has 0 bridgehead atoms. The Balaban J connectivity index is 0.815. The van der Waals surface area contributed by atoms with Crippen LogP contribution in [0.25, 0.3) is 0 Å². The number of fused-ring (bicyclic) bond motifs is 1. The number of carbonyl (C=O) groups excluding carboxylic acids is 4. The predicted molar refractivity (Wildman–Crippen MR) is 229 cm³/mol. The molecular formula is C45H56F3N9O5. The van der Waals surface area contributed by atoms with Gasteiger partial charge in [0.2, 0.25) is 17.8 Å². The molecule has 1 aromatic heterocycles. The Labute approximate surface area is 359 Å². The Morgan fingerprint density at radius 2 is 1.71 bits per heavy atom. The first kappa shape index (κ1) is 43.2. The number of nitrogens with zero attached hydrogens (tertiary/aromatic N) is 6. The molecule has 62 heavy (non-hydrogen) atoms. The largest absolute Gasteiger partial charge is 0.495 e. The summed E-state index contributed by atoms with van der Waals surface area (Å²) < 4.78 is 51.0. The highest BCUT2D eigenvalue weighted by molar-refractivity contribution is 6.02. The number of imide groups is 1. The average Bonchev–Trinajstić information content (AvgIpc) is 3.79. The molecule has 3 aromatic rings. The number of carbonyl (C=O) groups is 4. The van der Waals surface area contributed by atoms with Crippen molar-refractivity contribution < 1.29 is 37.1 Å². The molecule has 2 saturated carbocycles. The van der Waals surface area contributed by atoms with Crippen LogP contribution in [0.2, 0.25) is 0 Å². The molecule has 0 spiro atoms. The van der Waals surface area contributed by atoms with Gasteiger partial charge in [0.15, 0.2) is 5.82 Å². The number of alkyl halides is 2. The molecule has 5 aliphatic rings. The zero-order chi connectivity index (χ0) is 43.7. The van der Waals surface area contributed by atoms with E-state index >= 15 is 13.2 Å². The molecule has 3 aliphatic heterocycles. The van der Waals surface area contributed by atoms with E-state index in [1.807, 2.05) is 6.07 Å². The van der Waals surface area contributed by atoms with Crippen LogP contribution in [0.1, 0.15) is 98.9 Å². The van der Waals surface area contributed by atoms with E-state index in [1.165, 1.54) is 26.4 Å². The van der Waals surface area contributed by atoms with E-state index in [-0.39, 0.29) is 59.5 Å². The Hall–Kier alpha value is -5.45. The van der Waals surface area contributed by atoms with Crippen LogP contribution in [0.5, 0.6) is 5.75 Å². The van der Waals surface area contributed by atoms with Crippen molar-refractivity contribution in [2.24, 2.45) is 5.92 Å². The maximum Gasteiger partial charge on any atom is 0.342 e. The van der Waals surface area contributed by atoms with Gasteiger partial charge in [-0.2, -0.15) is 13.8 Å². The Kier molecular flexibility index (Phi) is 12.6. The van der Waals surface area contributed by atoms with Crippen molar-refractivity contribution in [3.63, 3.8) is 0 Å². The number of ether oxygens (including phenoxy) is 1. The molecule has 4 fully saturated rings. The third-order valence-electron chi connectivity index (χ3n) is 13.6. The highest BCUT2D eigenvalue weighted by Gasteiger charge is 2.49. The minimum atomic E-state index is -3.58. The Morgan fingerprint density at radius 3 is 2.40 bits per heavy atom. The number of amides is 4. The number of nitrogens with one attached hydrogen (secondary N) is 3. The number of anilines is 5. The number of aromatic nitrogens is 2. The third kappa shape index (κ3) is 9.18. The second kappa shape index (κ2) is 18.1. The lowest BCUT2D eigenvalue weighted by Gasteiger charge is -2.39. The molecule has 1 unspecified atom stereocenters. The van der Waals surface area contributed by atoms with Crippen LogP contribution >= 0.6 is 0 Å². The van der Waals surface area contributed by atoms with Crippen molar-refractivity contribution in [2.45, 2.75) is 107 Å². The first-order valence-electron chi connectivity index (χ1n) is 21.9. The number of rotatable bonds is 11. The fraction of sp³-hybridized carbons (Fsp3) is 0.556. The van der Waals surface area contributed by atoms with Gasteiger partial charge in [-0.05, 0) is 107 Å². The summed E-state index contributed by atoms with van der Waals surface area (Å²) in [6.45, 7) is 1.70. The summed E-state index contributed by atoms with van der Waals surface area (Å²) in [5.41, 5.74) is 2.28. The van der Waals surface area contributed by atoms with Crippen molar-refractivity contribution in [1.29, 1.82) is 0 Å². The minimum absolute atomic E-state index is 0.0311. The van der Waals surface area contributed by atoms with Gasteiger partial charge in [-0.3, -0.25) is 24.5 Å². The summed E-state index contributed by atoms with van der Waals surface area (Å²) in [5, 5.41) is 8.69. The van der Waals surface area contributed by atoms with Gasteiger partial charge in [0, 0.05) is 56.8 Å². The van der Waals surface area contributed by atoms with Gasteiger partial charge in [-0.25, -0.2) is 9.37 Å². The maximum atomic E-state index is 15.3. The van der Waals surface area contributed by atoms with E-state index in [0.29, 0.717) is 46.6 Å². The van der Waals surface area contributed by atoms with Crippen LogP contribution < -0.4 is 35.4 Å². The van der Waals surface area contributed by atoms with E-state index in [4.69, 9.17) is 4.74 Å². The Bertz CT molecular complexity index is 2170. The first-order valence-corrected chi connectivity index (χ1v) is 21.9. The standard InChI is InChI=1S/C45H56F3N9O5/c1-54(25-27-18-20-56(21-19-27)36-16-9-28(22-34(36)46)33-14-17-39(58)52-42(33)60)31-12-10-30(11-13-31)50-41(59)29-8-15-35(38(23-29)62-3)51-44-49-24-37-40(53-44)57(32-6-4-5-7-32)26-45(47,48)43(61)55(37)2/h8-9,15-16,22-24,27,30-33H,4-7,10-14,17-21,25-26H2,1-3H3,(H,50,59)(H,49,51,53)(H,52,58,60)/t30-,31-,33?. The fourth-order valence-electron chi connectivity index (χ4n) is 10.0. The van der Waals surface area contributed by atoms with E-state index in [0.717, 1.165) is 88.7 Å². The quantitative estimate of drug-likeness (QED) is 0.191. The summed E-state index contributed by atoms with van der Waals surface area (Å²) in [5.74, 6) is -5.30. The molecule has 0 radical (unpaired) electrons. The van der Waals surface area contributed by atoms with Gasteiger partial charge >= 0.3 is 5.92 Å². The van der Waals surface area contributed by atoms with E-state index < -0.39 is 24.3 Å². The highest BCUT2D eigenvalue weighted by atomic mass is 19.3. The third-order valence-corrected chi connectivity index (χ3v) is 13.6. The molecule has 2 aliphatic carbocycles. The number of halogens is 3. The van der Waals surface area contributed by atoms with Crippen molar-refractivity contribution >= 4 is 52.5 Å². The summed E-state index contributed by atoms with van der Waals surface area (Å²) >= 11 is 0. The predicted octanol–water partition coefficient (Wildman–Crippen LogP) is 6.14. The van der Waals surface area contributed by atoms with Gasteiger partial charge in [0.25, 0.3) is 11.8 Å². The molecule has 3 N–H and O–H groups in total. The lowest BCUT2D eigenvalue weighted by atomic mass is 9.88. The van der Waals surface area contributed by atoms with Crippen LogP contribution in [0.15, 0.2) is 42.6 Å². The smallest absolute Gasteiger partial charge is 0.342 e. The van der Waals surface area contributed by atoms with Crippen molar-refractivity contribution in [3.8, 4) is 5.75 Å². The zero-order valence-corrected chi connectivity index (χ0v) is 35.6. The topological polar surface area (TPSA) is 152 Å². The molecule has 4 amide bonds. The average molecular weight is 860 g/mol. The van der Waals surface area contributed by atoms with Crippen molar-refractivity contribution in [1.82, 2.24) is 25.5 Å². The molecule has 2 saturated heterocycles. The van der Waals surface area contributed by atoms with Crippen molar-refractivity contribution in [2.75, 3.05) is 67.4 Å². The number of methoxy groups -OCH3 is 1. The molecule has 4 heterocycles. The highest BCUT2D eigenvalue weighted by Crippen LogP contribution is 2.40. The molecule has 17 heteroatoms. The van der Waals surface area contributed by atoms with Crippen LogP contribution in [0.4, 0.5) is 42.0 Å². The number of hydrogen-bond donors (Lipinski definition) is 3. The Morgan fingerprint density at radius 1 is 0.968 bits per heavy atom. The fourth-order valence-corrected chi connectivity index (χ4v) is 10.0. The maximum absolute atomic E-state index is 15.3. The van der Waals surface area contributed by atoms with Crippen LogP contribution in [0.3, 0.4) is 0 Å². The number of benzene rings is 2. The van der Waals surface area contributed by atoms with E-state index in [9.17, 15) is 19.2 Å². The summed E-state index contributed by atoms with van der Waals surface area (Å²) in [6.07, 6.45) is 10.8. The number of piperidine rings is 2. The van der Waals surface area contributed by atoms with Crippen molar-refractivity contribution in [3.05, 3.63) is 59.5 Å². The van der Waals surface area contributed by atoms with Gasteiger partial charge in [0.05, 0.1) is 37.1 Å². The molecule has 1 atom stereocenters. The second-order valence-electron chi connectivity index (χ2n) is 17.6. The lowest BCUT2D eigenvalue weighted by molar-refractivity contribution is -0.140. The summed E-state index contributed by atoms with van der Waals surface area (Å²) in [7, 11) is 4.98. The van der Waals surface area contributed by atoms with Crippen LogP contribution in [0, 0.1) is 11.7 Å². The van der Waals surface area contributed by atoms with E-state index in [1.54, 1.807) is 29.2 Å². The molecule has 8 rings (SSSR count). The van der Waals surface area contributed by atoms with Crippen LogP contribution in [-0.4, -0.2) is 110 Å². The zero-order valence-electron chi connectivity index (χ0n) is 35.6. The van der Waals surface area contributed by atoms with Gasteiger partial charge in [0.1, 0.15) is 17.3 Å². The molecule has 14 nitrogen and oxygen atoms in total. The summed E-state index contributed by atoms with van der Waals surface area (Å²) in [6, 6.07) is 10.3. The van der Waals surface area contributed by atoms with Gasteiger partial charge < -0.3 is 35.0 Å². The van der Waals surface area contributed by atoms with Crippen LogP contribution in [-0.2, 0) is 14.4 Å². The lowest BCUT2D eigenvalue weighted by Crippen LogP contribution is -2.48. The first-order chi connectivity index (χ1) is 29.8. The SMILES string of the molecule is COc1cc(C(=O)N[C@H]2CC[C@H](N(C)CC3CCN(c4ccc(C5CCC(=O)NC5=O)cc4F)CC3)CC2)ccc1Nc1ncc2c(n1)N(C1CCCC1)CC(F)(F)C(=O)N2C. The molecule has 332 valence electrons. The molecule has 2 aromatic carbocycles. The second-order valence-corrected chi connectivity index (χ2v) is 17.6. The molecular weight excluding hydrogens is 804 g/mol.